The van der Waals surface area contributed by atoms with E-state index >= 15 is 0 Å². The van der Waals surface area contributed by atoms with Gasteiger partial charge in [-0.3, -0.25) is 14.6 Å². The summed E-state index contributed by atoms with van der Waals surface area (Å²) >= 11 is 0. The first kappa shape index (κ1) is 17.1. The number of rotatable bonds is 5. The molecule has 0 aliphatic carbocycles. The summed E-state index contributed by atoms with van der Waals surface area (Å²) in [5.74, 6) is -0.754. The van der Waals surface area contributed by atoms with Gasteiger partial charge in [-0.2, -0.15) is 0 Å². The molecule has 1 saturated heterocycles. The molecule has 0 radical (unpaired) electrons. The van der Waals surface area contributed by atoms with Gasteiger partial charge in [-0.05, 0) is 37.0 Å². The number of benzene rings is 1. The van der Waals surface area contributed by atoms with Gasteiger partial charge < -0.3 is 15.7 Å². The van der Waals surface area contributed by atoms with Crippen molar-refractivity contribution in [2.24, 2.45) is 5.73 Å². The first-order valence-electron chi connectivity index (χ1n) is 8.36. The fourth-order valence-electron chi connectivity index (χ4n) is 3.23. The Kier molecular flexibility index (Phi) is 5.09. The van der Waals surface area contributed by atoms with Gasteiger partial charge in [-0.25, -0.2) is 0 Å². The molecule has 3 rings (SSSR count). The number of hydrogen-bond donors (Lipinski definition) is 2. The van der Waals surface area contributed by atoms with Gasteiger partial charge in [0.25, 0.3) is 5.91 Å². The second kappa shape index (κ2) is 7.44. The minimum Gasteiger partial charge on any atom is -0.388 e. The van der Waals surface area contributed by atoms with E-state index in [4.69, 9.17) is 5.73 Å². The number of nitrogens with zero attached hydrogens (tertiary/aromatic N) is 2. The molecule has 3 N–H and O–H groups in total. The molecule has 0 spiro atoms. The van der Waals surface area contributed by atoms with Crippen LogP contribution in [-0.4, -0.2) is 39.4 Å². The Balaban J connectivity index is 1.70. The highest BCUT2D eigenvalue weighted by Gasteiger charge is 2.31. The topological polar surface area (TPSA) is 96.5 Å². The molecule has 1 aromatic heterocycles. The maximum Gasteiger partial charge on any atom is 0.272 e. The van der Waals surface area contributed by atoms with Crippen molar-refractivity contribution in [3.05, 3.63) is 65.5 Å². The van der Waals surface area contributed by atoms with Crippen LogP contribution in [0.2, 0.25) is 0 Å². The molecule has 2 aromatic rings. The zero-order valence-electron chi connectivity index (χ0n) is 13.8. The number of carbonyl (C=O) groups is 2. The molecule has 2 atom stereocenters. The number of carbonyl (C=O) groups excluding carboxylic acids is 2. The standard InChI is InChI=1S/C19H21N3O3/c20-18(24)14-8-9-16(21-12-14)19(25)22-10-4-7-15(22)11-17(23)13-5-2-1-3-6-13/h1-3,5-6,8-9,12,15,17,23H,4,7,10-11H2,(H2,20,24). The monoisotopic (exact) mass is 339 g/mol. The average molecular weight is 339 g/mol. The van der Waals surface area contributed by atoms with Crippen molar-refractivity contribution in [1.29, 1.82) is 0 Å². The van der Waals surface area contributed by atoms with Gasteiger partial charge in [0.2, 0.25) is 5.91 Å². The molecule has 1 aromatic carbocycles. The number of primary amides is 1. The number of nitrogens with two attached hydrogens (primary N) is 1. The van der Waals surface area contributed by atoms with Crippen LogP contribution in [0, 0.1) is 0 Å². The zero-order chi connectivity index (χ0) is 17.8. The van der Waals surface area contributed by atoms with E-state index in [1.54, 1.807) is 4.90 Å². The van der Waals surface area contributed by atoms with Crippen molar-refractivity contribution in [2.75, 3.05) is 6.54 Å². The second-order valence-corrected chi connectivity index (χ2v) is 6.25. The summed E-state index contributed by atoms with van der Waals surface area (Å²) in [5.41, 5.74) is 6.60. The lowest BCUT2D eigenvalue weighted by molar-refractivity contribution is 0.0661. The zero-order valence-corrected chi connectivity index (χ0v) is 13.8. The number of hydrogen-bond acceptors (Lipinski definition) is 4. The molecule has 1 aliphatic heterocycles. The summed E-state index contributed by atoms with van der Waals surface area (Å²) in [4.78, 5) is 29.7. The maximum atomic E-state index is 12.7. The van der Waals surface area contributed by atoms with Crippen LogP contribution in [0.1, 0.15) is 51.8 Å². The minimum absolute atomic E-state index is 0.0275. The van der Waals surface area contributed by atoms with Gasteiger partial charge in [0.1, 0.15) is 5.69 Å². The summed E-state index contributed by atoms with van der Waals surface area (Å²) in [6.07, 6.45) is 2.96. The van der Waals surface area contributed by atoms with E-state index in [0.717, 1.165) is 18.4 Å². The van der Waals surface area contributed by atoms with Crippen LogP contribution in [0.25, 0.3) is 0 Å². The summed E-state index contributed by atoms with van der Waals surface area (Å²) < 4.78 is 0. The first-order chi connectivity index (χ1) is 12.1. The van der Waals surface area contributed by atoms with E-state index < -0.39 is 12.0 Å². The Hall–Kier alpha value is -2.73. The molecule has 1 fully saturated rings. The average Bonchev–Trinajstić information content (AvgIpc) is 3.10. The summed E-state index contributed by atoms with van der Waals surface area (Å²) in [5, 5.41) is 10.4. The van der Waals surface area contributed by atoms with E-state index in [2.05, 4.69) is 4.98 Å². The van der Waals surface area contributed by atoms with E-state index in [-0.39, 0.29) is 23.2 Å². The highest BCUT2D eigenvalue weighted by molar-refractivity contribution is 5.95. The Morgan fingerprint density at radius 2 is 2.00 bits per heavy atom. The lowest BCUT2D eigenvalue weighted by Crippen LogP contribution is -2.37. The molecule has 0 saturated carbocycles. The quantitative estimate of drug-likeness (QED) is 0.869. The third-order valence-electron chi connectivity index (χ3n) is 4.58. The predicted octanol–water partition coefficient (Wildman–Crippen LogP) is 1.91. The summed E-state index contributed by atoms with van der Waals surface area (Å²) in [6, 6.07) is 12.5. The highest BCUT2D eigenvalue weighted by atomic mass is 16.3. The molecule has 1 aliphatic rings. The van der Waals surface area contributed by atoms with Crippen molar-refractivity contribution < 1.29 is 14.7 Å². The van der Waals surface area contributed by atoms with Gasteiger partial charge in [0, 0.05) is 18.8 Å². The molecule has 2 amide bonds. The van der Waals surface area contributed by atoms with E-state index in [1.165, 1.54) is 18.3 Å². The van der Waals surface area contributed by atoms with E-state index in [1.807, 2.05) is 30.3 Å². The molecular weight excluding hydrogens is 318 g/mol. The Labute approximate surface area is 146 Å². The van der Waals surface area contributed by atoms with E-state index in [9.17, 15) is 14.7 Å². The summed E-state index contributed by atoms with van der Waals surface area (Å²) in [6.45, 7) is 0.643. The smallest absolute Gasteiger partial charge is 0.272 e. The Morgan fingerprint density at radius 3 is 2.64 bits per heavy atom. The Bertz CT molecular complexity index is 746. The number of aliphatic hydroxyl groups is 1. The molecule has 6 heteroatoms. The van der Waals surface area contributed by atoms with Crippen molar-refractivity contribution in [3.8, 4) is 0 Å². The van der Waals surface area contributed by atoms with Crippen LogP contribution in [0.5, 0.6) is 0 Å². The maximum absolute atomic E-state index is 12.7. The van der Waals surface area contributed by atoms with Crippen LogP contribution >= 0.6 is 0 Å². The lowest BCUT2D eigenvalue weighted by atomic mass is 10.0. The number of aromatic nitrogens is 1. The number of likely N-dealkylation sites (tertiary alicyclic amines) is 1. The van der Waals surface area contributed by atoms with E-state index in [0.29, 0.717) is 13.0 Å². The van der Waals surface area contributed by atoms with Crippen molar-refractivity contribution in [2.45, 2.75) is 31.4 Å². The van der Waals surface area contributed by atoms with Crippen LogP contribution < -0.4 is 5.73 Å². The molecular formula is C19H21N3O3. The fourth-order valence-corrected chi connectivity index (χ4v) is 3.23. The number of amides is 2. The van der Waals surface area contributed by atoms with Crippen LogP contribution in [0.4, 0.5) is 0 Å². The van der Waals surface area contributed by atoms with Crippen molar-refractivity contribution in [1.82, 2.24) is 9.88 Å². The van der Waals surface area contributed by atoms with Crippen molar-refractivity contribution in [3.63, 3.8) is 0 Å². The van der Waals surface area contributed by atoms with Gasteiger partial charge in [0.15, 0.2) is 0 Å². The highest BCUT2D eigenvalue weighted by Crippen LogP contribution is 2.28. The second-order valence-electron chi connectivity index (χ2n) is 6.25. The first-order valence-corrected chi connectivity index (χ1v) is 8.36. The summed E-state index contributed by atoms with van der Waals surface area (Å²) in [7, 11) is 0. The Morgan fingerprint density at radius 1 is 1.24 bits per heavy atom. The van der Waals surface area contributed by atoms with Gasteiger partial charge >= 0.3 is 0 Å². The fraction of sp³-hybridized carbons (Fsp3) is 0.316. The molecule has 2 heterocycles. The molecule has 0 bridgehead atoms. The molecule has 25 heavy (non-hydrogen) atoms. The van der Waals surface area contributed by atoms with Crippen LogP contribution in [0.15, 0.2) is 48.7 Å². The lowest BCUT2D eigenvalue weighted by Gasteiger charge is -2.26. The molecule has 130 valence electrons. The van der Waals surface area contributed by atoms with Gasteiger partial charge in [0.05, 0.1) is 11.7 Å². The number of pyridine rings is 1. The molecule has 6 nitrogen and oxygen atoms in total. The molecule has 2 unspecified atom stereocenters. The largest absolute Gasteiger partial charge is 0.388 e. The van der Waals surface area contributed by atoms with Crippen LogP contribution in [0.3, 0.4) is 0 Å². The van der Waals surface area contributed by atoms with Crippen LogP contribution in [-0.2, 0) is 0 Å². The van der Waals surface area contributed by atoms with Gasteiger partial charge in [-0.15, -0.1) is 0 Å². The third-order valence-corrected chi connectivity index (χ3v) is 4.58. The van der Waals surface area contributed by atoms with Crippen molar-refractivity contribution >= 4 is 11.8 Å². The predicted molar refractivity (Wildman–Crippen MR) is 92.8 cm³/mol. The SMILES string of the molecule is NC(=O)c1ccc(C(=O)N2CCCC2CC(O)c2ccccc2)nc1. The minimum atomic E-state index is -0.607. The normalized spacial score (nSPS) is 18.1. The van der Waals surface area contributed by atoms with Gasteiger partial charge in [-0.1, -0.05) is 30.3 Å². The number of aliphatic hydroxyl groups excluding tert-OH is 1. The third kappa shape index (κ3) is 3.85.